The first-order valence-electron chi connectivity index (χ1n) is 5.16. The molecule has 0 atom stereocenters. The molecule has 0 fully saturated rings. The van der Waals surface area contributed by atoms with Crippen molar-refractivity contribution in [1.82, 2.24) is 9.13 Å². The first-order valence-corrected chi connectivity index (χ1v) is 6.15. The zero-order chi connectivity index (χ0) is 11.7. The van der Waals surface area contributed by atoms with E-state index < -0.39 is 5.56 Å². The van der Waals surface area contributed by atoms with Crippen LogP contribution in [0.5, 0.6) is 0 Å². The summed E-state index contributed by atoms with van der Waals surface area (Å²) in [5.41, 5.74) is -0.629. The fraction of sp³-hybridized carbons (Fsp3) is 0.500. The van der Waals surface area contributed by atoms with Crippen molar-refractivity contribution >= 4 is 18.0 Å². The van der Waals surface area contributed by atoms with Crippen LogP contribution >= 0.6 is 11.8 Å². The average molecular weight is 240 g/mol. The van der Waals surface area contributed by atoms with Gasteiger partial charge in [0.05, 0.1) is 5.03 Å². The van der Waals surface area contributed by atoms with Crippen molar-refractivity contribution in [1.29, 1.82) is 0 Å². The lowest BCUT2D eigenvalue weighted by atomic mass is 10.3. The van der Waals surface area contributed by atoms with Crippen LogP contribution in [-0.2, 0) is 13.1 Å². The van der Waals surface area contributed by atoms with Gasteiger partial charge in [0.15, 0.2) is 6.29 Å². The van der Waals surface area contributed by atoms with E-state index in [0.29, 0.717) is 30.8 Å². The molecule has 1 aliphatic rings. The minimum Gasteiger partial charge on any atom is -0.298 e. The van der Waals surface area contributed by atoms with Gasteiger partial charge in [0.1, 0.15) is 5.56 Å². The van der Waals surface area contributed by atoms with E-state index in [1.165, 1.54) is 16.3 Å². The van der Waals surface area contributed by atoms with Crippen LogP contribution in [0.2, 0.25) is 0 Å². The predicted octanol–water partition coefficient (Wildman–Crippen LogP) is 0.338. The van der Waals surface area contributed by atoms with Crippen LogP contribution in [0.15, 0.2) is 14.6 Å². The highest BCUT2D eigenvalue weighted by Gasteiger charge is 2.22. The van der Waals surface area contributed by atoms with Crippen molar-refractivity contribution < 1.29 is 4.79 Å². The Bertz CT molecular complexity index is 544. The van der Waals surface area contributed by atoms with Gasteiger partial charge in [-0.2, -0.15) is 0 Å². The van der Waals surface area contributed by atoms with E-state index in [1.807, 2.05) is 6.92 Å². The standard InChI is InChI=1S/C10H12N2O3S/c1-2-3-11-8(14)7(6-13)9-12(10(11)15)4-5-16-9/h6H,2-5H2,1H3. The molecule has 0 aliphatic carbocycles. The second-order valence-electron chi connectivity index (χ2n) is 3.58. The Balaban J connectivity index is 2.79. The topological polar surface area (TPSA) is 61.1 Å². The van der Waals surface area contributed by atoms with E-state index in [0.717, 1.165) is 10.3 Å². The summed E-state index contributed by atoms with van der Waals surface area (Å²) in [7, 11) is 0. The summed E-state index contributed by atoms with van der Waals surface area (Å²) in [6, 6.07) is 0. The summed E-state index contributed by atoms with van der Waals surface area (Å²) in [6.45, 7) is 2.83. The van der Waals surface area contributed by atoms with Crippen molar-refractivity contribution in [3.8, 4) is 0 Å². The smallest absolute Gasteiger partial charge is 0.298 e. The highest BCUT2D eigenvalue weighted by molar-refractivity contribution is 7.99. The van der Waals surface area contributed by atoms with Gasteiger partial charge >= 0.3 is 5.69 Å². The second kappa shape index (κ2) is 4.29. The molecule has 6 heteroatoms. The van der Waals surface area contributed by atoms with Crippen molar-refractivity contribution in [2.75, 3.05) is 5.75 Å². The third kappa shape index (κ3) is 1.53. The Morgan fingerprint density at radius 2 is 2.19 bits per heavy atom. The molecule has 0 radical (unpaired) electrons. The molecule has 16 heavy (non-hydrogen) atoms. The number of fused-ring (bicyclic) bond motifs is 1. The zero-order valence-corrected chi connectivity index (χ0v) is 9.75. The van der Waals surface area contributed by atoms with Crippen LogP contribution in [0.1, 0.15) is 23.7 Å². The lowest BCUT2D eigenvalue weighted by Crippen LogP contribution is -2.41. The quantitative estimate of drug-likeness (QED) is 0.564. The maximum atomic E-state index is 11.9. The summed E-state index contributed by atoms with van der Waals surface area (Å²) in [4.78, 5) is 34.7. The van der Waals surface area contributed by atoms with Gasteiger partial charge in [-0.25, -0.2) is 4.79 Å². The van der Waals surface area contributed by atoms with E-state index in [1.54, 1.807) is 0 Å². The summed E-state index contributed by atoms with van der Waals surface area (Å²) in [5, 5.41) is 0.525. The Morgan fingerprint density at radius 3 is 2.81 bits per heavy atom. The van der Waals surface area contributed by atoms with E-state index in [4.69, 9.17) is 0 Å². The average Bonchev–Trinajstić information content (AvgIpc) is 2.74. The lowest BCUT2D eigenvalue weighted by molar-refractivity contribution is 0.111. The maximum absolute atomic E-state index is 11.9. The molecule has 1 aromatic rings. The predicted molar refractivity (Wildman–Crippen MR) is 61.4 cm³/mol. The van der Waals surface area contributed by atoms with Gasteiger partial charge in [0.25, 0.3) is 5.56 Å². The van der Waals surface area contributed by atoms with Gasteiger partial charge in [-0.3, -0.25) is 18.7 Å². The van der Waals surface area contributed by atoms with Crippen LogP contribution in [0.3, 0.4) is 0 Å². The van der Waals surface area contributed by atoms with Crippen LogP contribution in [-0.4, -0.2) is 21.2 Å². The monoisotopic (exact) mass is 240 g/mol. The molecule has 0 unspecified atom stereocenters. The van der Waals surface area contributed by atoms with Gasteiger partial charge in [0, 0.05) is 18.8 Å². The number of carbonyl (C=O) groups excluding carboxylic acids is 1. The first kappa shape index (κ1) is 11.2. The number of aromatic nitrogens is 2. The molecule has 0 saturated carbocycles. The Hall–Kier alpha value is -1.30. The number of aldehydes is 1. The van der Waals surface area contributed by atoms with Crippen LogP contribution in [0.25, 0.3) is 0 Å². The molecule has 1 aromatic heterocycles. The molecule has 0 amide bonds. The molecule has 0 bridgehead atoms. The zero-order valence-electron chi connectivity index (χ0n) is 8.93. The first-order chi connectivity index (χ1) is 7.70. The molecular formula is C10H12N2O3S. The van der Waals surface area contributed by atoms with Crippen LogP contribution in [0, 0.1) is 0 Å². The Labute approximate surface area is 96.1 Å². The van der Waals surface area contributed by atoms with Gasteiger partial charge in [0.2, 0.25) is 0 Å². The van der Waals surface area contributed by atoms with Crippen LogP contribution in [0.4, 0.5) is 0 Å². The van der Waals surface area contributed by atoms with E-state index in [9.17, 15) is 14.4 Å². The highest BCUT2D eigenvalue weighted by atomic mass is 32.2. The van der Waals surface area contributed by atoms with Crippen molar-refractivity contribution in [2.45, 2.75) is 31.5 Å². The maximum Gasteiger partial charge on any atom is 0.331 e. The molecule has 86 valence electrons. The van der Waals surface area contributed by atoms with Crippen LogP contribution < -0.4 is 11.2 Å². The summed E-state index contributed by atoms with van der Waals surface area (Å²) < 4.78 is 2.67. The molecule has 1 aliphatic heterocycles. The highest BCUT2D eigenvalue weighted by Crippen LogP contribution is 2.24. The molecule has 2 rings (SSSR count). The number of thioether (sulfide) groups is 1. The number of hydrogen-bond donors (Lipinski definition) is 0. The minimum atomic E-state index is -0.456. The normalized spacial score (nSPS) is 13.8. The number of hydrogen-bond acceptors (Lipinski definition) is 4. The number of nitrogens with zero attached hydrogens (tertiary/aromatic N) is 2. The number of rotatable bonds is 3. The molecule has 0 N–H and O–H groups in total. The third-order valence-corrected chi connectivity index (χ3v) is 3.63. The molecule has 0 saturated heterocycles. The molecule has 0 aromatic carbocycles. The van der Waals surface area contributed by atoms with E-state index >= 15 is 0 Å². The summed E-state index contributed by atoms with van der Waals surface area (Å²) >= 11 is 1.39. The van der Waals surface area contributed by atoms with Gasteiger partial charge in [-0.15, -0.1) is 11.8 Å². The van der Waals surface area contributed by atoms with Crippen molar-refractivity contribution in [3.05, 3.63) is 26.4 Å². The van der Waals surface area contributed by atoms with Gasteiger partial charge < -0.3 is 0 Å². The Kier molecular flexibility index (Phi) is 3.00. The van der Waals surface area contributed by atoms with E-state index in [-0.39, 0.29) is 11.3 Å². The molecule has 5 nitrogen and oxygen atoms in total. The molecular weight excluding hydrogens is 228 g/mol. The lowest BCUT2D eigenvalue weighted by Gasteiger charge is -2.09. The summed E-state index contributed by atoms with van der Waals surface area (Å²) in [5.74, 6) is 0.742. The fourth-order valence-electron chi connectivity index (χ4n) is 1.81. The minimum absolute atomic E-state index is 0.121. The third-order valence-electron chi connectivity index (χ3n) is 2.53. The SMILES string of the molecule is CCCn1c(=O)c(C=O)c2n(c1=O)CCS2. The van der Waals surface area contributed by atoms with Gasteiger partial charge in [-0.1, -0.05) is 6.92 Å². The summed E-state index contributed by atoms with van der Waals surface area (Å²) in [6.07, 6.45) is 1.25. The fourth-order valence-corrected chi connectivity index (χ4v) is 2.89. The van der Waals surface area contributed by atoms with E-state index in [2.05, 4.69) is 0 Å². The number of carbonyl (C=O) groups is 1. The molecule has 0 spiro atoms. The van der Waals surface area contributed by atoms with Gasteiger partial charge in [-0.05, 0) is 6.42 Å². The Morgan fingerprint density at radius 1 is 1.44 bits per heavy atom. The van der Waals surface area contributed by atoms with Crippen molar-refractivity contribution in [2.24, 2.45) is 0 Å². The van der Waals surface area contributed by atoms with Crippen molar-refractivity contribution in [3.63, 3.8) is 0 Å². The largest absolute Gasteiger partial charge is 0.331 e. The second-order valence-corrected chi connectivity index (χ2v) is 4.66. The molecule has 2 heterocycles.